The van der Waals surface area contributed by atoms with Gasteiger partial charge in [-0.2, -0.15) is 0 Å². The number of nitrogens with zero attached hydrogens (tertiary/aromatic N) is 4. The molecule has 4 rings (SSSR count). The molecule has 2 fully saturated rings. The highest BCUT2D eigenvalue weighted by atomic mass is 35.5. The summed E-state index contributed by atoms with van der Waals surface area (Å²) in [6, 6.07) is 8.45. The Kier molecular flexibility index (Phi) is 6.20. The summed E-state index contributed by atoms with van der Waals surface area (Å²) in [5.41, 5.74) is 2.06. The van der Waals surface area contributed by atoms with E-state index in [1.165, 1.54) is 19.3 Å². The number of para-hydroxylation sites is 2. The van der Waals surface area contributed by atoms with Crippen molar-refractivity contribution in [2.24, 2.45) is 7.05 Å². The van der Waals surface area contributed by atoms with E-state index in [0.717, 1.165) is 56.2 Å². The molecule has 7 heteroatoms. The van der Waals surface area contributed by atoms with Crippen LogP contribution in [0.25, 0.3) is 0 Å². The van der Waals surface area contributed by atoms with Crippen molar-refractivity contribution in [1.82, 2.24) is 14.3 Å². The minimum Gasteiger partial charge on any atom is -0.495 e. The number of benzene rings is 1. The lowest BCUT2D eigenvalue weighted by Crippen LogP contribution is -2.46. The van der Waals surface area contributed by atoms with Gasteiger partial charge in [0.15, 0.2) is 0 Å². The van der Waals surface area contributed by atoms with Crippen LogP contribution in [-0.4, -0.2) is 47.6 Å². The first kappa shape index (κ1) is 20.4. The second kappa shape index (κ2) is 8.84. The van der Waals surface area contributed by atoms with Crippen molar-refractivity contribution < 1.29 is 4.74 Å². The zero-order chi connectivity index (χ0) is 20.4. The van der Waals surface area contributed by atoms with E-state index in [-0.39, 0.29) is 11.6 Å². The molecule has 1 aliphatic heterocycles. The summed E-state index contributed by atoms with van der Waals surface area (Å²) in [7, 11) is 3.71. The molecule has 0 N–H and O–H groups in total. The van der Waals surface area contributed by atoms with Gasteiger partial charge in [0.1, 0.15) is 10.8 Å². The number of rotatable bonds is 5. The van der Waals surface area contributed by atoms with E-state index in [0.29, 0.717) is 11.6 Å². The summed E-state index contributed by atoms with van der Waals surface area (Å²) in [6.45, 7) is 4.42. The third-order valence-corrected chi connectivity index (χ3v) is 6.83. The van der Waals surface area contributed by atoms with Crippen LogP contribution in [0.5, 0.6) is 5.75 Å². The van der Waals surface area contributed by atoms with Gasteiger partial charge in [0.25, 0.3) is 5.56 Å². The second-order valence-corrected chi connectivity index (χ2v) is 8.54. The fourth-order valence-corrected chi connectivity index (χ4v) is 5.06. The number of hydrogen-bond acceptors (Lipinski definition) is 4. The van der Waals surface area contributed by atoms with Crippen molar-refractivity contribution in [1.29, 1.82) is 0 Å². The monoisotopic (exact) mass is 418 g/mol. The molecule has 0 amide bonds. The molecule has 1 saturated heterocycles. The zero-order valence-corrected chi connectivity index (χ0v) is 18.2. The first-order chi connectivity index (χ1) is 14.1. The van der Waals surface area contributed by atoms with E-state index in [9.17, 15) is 4.79 Å². The van der Waals surface area contributed by atoms with Crippen molar-refractivity contribution in [2.75, 3.05) is 38.2 Å². The van der Waals surface area contributed by atoms with Crippen molar-refractivity contribution in [3.63, 3.8) is 0 Å². The smallest absolute Gasteiger partial charge is 0.286 e. The fourth-order valence-electron chi connectivity index (χ4n) is 4.79. The van der Waals surface area contributed by atoms with Gasteiger partial charge >= 0.3 is 0 Å². The van der Waals surface area contributed by atoms with Crippen LogP contribution >= 0.6 is 11.6 Å². The normalized spacial score (nSPS) is 18.9. The maximum absolute atomic E-state index is 12.8. The molecule has 0 unspecified atom stereocenters. The van der Waals surface area contributed by atoms with Gasteiger partial charge in [0.05, 0.1) is 24.5 Å². The summed E-state index contributed by atoms with van der Waals surface area (Å²) in [5.74, 6) is 0.913. The lowest BCUT2D eigenvalue weighted by atomic mass is 9.96. The Labute approximate surface area is 177 Å². The Morgan fingerprint density at radius 2 is 1.76 bits per heavy atom. The minimum absolute atomic E-state index is 0.0243. The SMILES string of the molecule is COc1ccccc1N1CCN(Cc2c(Cl)c(=O)n(C3CCCCC3)n2C)CC1. The molecular weight excluding hydrogens is 388 g/mol. The highest BCUT2D eigenvalue weighted by molar-refractivity contribution is 6.31. The molecule has 0 spiro atoms. The number of piperazine rings is 1. The molecule has 2 aromatic rings. The summed E-state index contributed by atoms with van der Waals surface area (Å²) >= 11 is 6.51. The third kappa shape index (κ3) is 4.05. The van der Waals surface area contributed by atoms with Gasteiger partial charge in [0.2, 0.25) is 0 Å². The van der Waals surface area contributed by atoms with Gasteiger partial charge < -0.3 is 9.64 Å². The van der Waals surface area contributed by atoms with Crippen LogP contribution in [0.4, 0.5) is 5.69 Å². The number of hydrogen-bond donors (Lipinski definition) is 0. The molecule has 0 radical (unpaired) electrons. The maximum Gasteiger partial charge on any atom is 0.286 e. The average molecular weight is 419 g/mol. The van der Waals surface area contributed by atoms with Gasteiger partial charge in [-0.3, -0.25) is 14.4 Å². The molecule has 1 aromatic heterocycles. The molecule has 1 saturated carbocycles. The topological polar surface area (TPSA) is 42.6 Å². The maximum atomic E-state index is 12.8. The fraction of sp³-hybridized carbons (Fsp3) is 0.591. The number of halogens is 1. The Morgan fingerprint density at radius 1 is 1.07 bits per heavy atom. The van der Waals surface area contributed by atoms with Crippen molar-refractivity contribution in [2.45, 2.75) is 44.7 Å². The predicted molar refractivity (Wildman–Crippen MR) is 117 cm³/mol. The van der Waals surface area contributed by atoms with E-state index in [1.54, 1.807) is 7.11 Å². The highest BCUT2D eigenvalue weighted by Gasteiger charge is 2.26. The van der Waals surface area contributed by atoms with Gasteiger partial charge in [0, 0.05) is 39.8 Å². The van der Waals surface area contributed by atoms with E-state index in [4.69, 9.17) is 16.3 Å². The molecular formula is C22H31ClN4O2. The molecule has 0 bridgehead atoms. The van der Waals surface area contributed by atoms with Crippen molar-refractivity contribution in [3.05, 3.63) is 45.3 Å². The van der Waals surface area contributed by atoms with Crippen LogP contribution < -0.4 is 15.2 Å². The van der Waals surface area contributed by atoms with Crippen molar-refractivity contribution in [3.8, 4) is 5.75 Å². The zero-order valence-electron chi connectivity index (χ0n) is 17.4. The Morgan fingerprint density at radius 3 is 2.45 bits per heavy atom. The lowest BCUT2D eigenvalue weighted by Gasteiger charge is -2.36. The van der Waals surface area contributed by atoms with Gasteiger partial charge in [-0.15, -0.1) is 0 Å². The van der Waals surface area contributed by atoms with Gasteiger partial charge in [-0.05, 0) is 25.0 Å². The van der Waals surface area contributed by atoms with Crippen molar-refractivity contribution >= 4 is 17.3 Å². The van der Waals surface area contributed by atoms with Crippen LogP contribution in [0.1, 0.15) is 43.8 Å². The van der Waals surface area contributed by atoms with Crippen LogP contribution in [0.2, 0.25) is 5.02 Å². The summed E-state index contributed by atoms with van der Waals surface area (Å²) in [5, 5.41) is 0.394. The highest BCUT2D eigenvalue weighted by Crippen LogP contribution is 2.30. The van der Waals surface area contributed by atoms with E-state index in [2.05, 4.69) is 15.9 Å². The van der Waals surface area contributed by atoms with E-state index in [1.807, 2.05) is 34.6 Å². The average Bonchev–Trinajstić information content (AvgIpc) is 2.98. The molecule has 1 aliphatic carbocycles. The van der Waals surface area contributed by atoms with E-state index >= 15 is 0 Å². The van der Waals surface area contributed by atoms with Crippen LogP contribution in [-0.2, 0) is 13.6 Å². The first-order valence-corrected chi connectivity index (χ1v) is 11.0. The van der Waals surface area contributed by atoms with Crippen LogP contribution in [0.15, 0.2) is 29.1 Å². The Balaban J connectivity index is 1.45. The molecule has 158 valence electrons. The number of ether oxygens (including phenoxy) is 1. The van der Waals surface area contributed by atoms with Gasteiger partial charge in [-0.1, -0.05) is 43.0 Å². The van der Waals surface area contributed by atoms with Crippen LogP contribution in [0, 0.1) is 0 Å². The Bertz CT molecular complexity index is 893. The van der Waals surface area contributed by atoms with Gasteiger partial charge in [-0.25, -0.2) is 4.68 Å². The minimum atomic E-state index is -0.0243. The lowest BCUT2D eigenvalue weighted by molar-refractivity contribution is 0.235. The Hall–Kier alpha value is -1.92. The molecule has 29 heavy (non-hydrogen) atoms. The second-order valence-electron chi connectivity index (χ2n) is 8.16. The third-order valence-electron chi connectivity index (χ3n) is 6.46. The standard InChI is InChI=1S/C22H31ClN4O2/c1-24-19(21(23)22(28)27(24)17-8-4-3-5-9-17)16-25-12-14-26(15-13-25)18-10-6-7-11-20(18)29-2/h6-7,10-11,17H,3-5,8-9,12-16H2,1-2H3. The van der Waals surface area contributed by atoms with E-state index < -0.39 is 0 Å². The van der Waals surface area contributed by atoms with Crippen LogP contribution in [0.3, 0.4) is 0 Å². The molecule has 2 aliphatic rings. The number of aromatic nitrogens is 2. The molecule has 1 aromatic carbocycles. The summed E-state index contributed by atoms with van der Waals surface area (Å²) in [6.07, 6.45) is 5.81. The summed E-state index contributed by atoms with van der Waals surface area (Å²) < 4.78 is 9.44. The first-order valence-electron chi connectivity index (χ1n) is 10.7. The number of anilines is 1. The quantitative estimate of drug-likeness (QED) is 0.742. The molecule has 0 atom stereocenters. The molecule has 2 heterocycles. The molecule has 6 nitrogen and oxygen atoms in total. The number of methoxy groups -OCH3 is 1. The summed E-state index contributed by atoms with van der Waals surface area (Å²) in [4.78, 5) is 17.6. The largest absolute Gasteiger partial charge is 0.495 e. The predicted octanol–water partition coefficient (Wildman–Crippen LogP) is 3.68.